The molecule has 0 atom stereocenters. The predicted molar refractivity (Wildman–Crippen MR) is 113 cm³/mol. The van der Waals surface area contributed by atoms with Crippen LogP contribution in [0.5, 0.6) is 0 Å². The molecule has 0 radical (unpaired) electrons. The van der Waals surface area contributed by atoms with E-state index in [1.54, 1.807) is 4.90 Å². The van der Waals surface area contributed by atoms with Crippen LogP contribution in [0.15, 0.2) is 36.4 Å². The van der Waals surface area contributed by atoms with Gasteiger partial charge in [0.25, 0.3) is 5.91 Å². The van der Waals surface area contributed by atoms with Crippen molar-refractivity contribution in [1.29, 1.82) is 0 Å². The van der Waals surface area contributed by atoms with Gasteiger partial charge in [0.1, 0.15) is 11.3 Å². The highest BCUT2D eigenvalue weighted by Crippen LogP contribution is 2.25. The summed E-state index contributed by atoms with van der Waals surface area (Å²) in [4.78, 5) is 24.7. The van der Waals surface area contributed by atoms with Gasteiger partial charge in [0.05, 0.1) is 12.2 Å². The van der Waals surface area contributed by atoms with Gasteiger partial charge in [0.15, 0.2) is 5.65 Å². The number of carbonyl (C=O) groups excluding carboxylic acids is 1. The second kappa shape index (κ2) is 8.74. The minimum absolute atomic E-state index is 0.0621. The van der Waals surface area contributed by atoms with Gasteiger partial charge < -0.3 is 14.6 Å². The first-order valence-corrected chi connectivity index (χ1v) is 10.5. The van der Waals surface area contributed by atoms with Crippen LogP contribution < -0.4 is 0 Å². The monoisotopic (exact) mass is 392 g/mol. The number of aromatic nitrogens is 3. The van der Waals surface area contributed by atoms with Crippen LogP contribution in [0, 0.1) is 6.92 Å². The normalized spacial score (nSPS) is 13.9. The Morgan fingerprint density at radius 1 is 1.14 bits per heavy atom. The molecule has 1 aliphatic heterocycles. The number of amides is 1. The topological polar surface area (TPSA) is 71.2 Å². The van der Waals surface area contributed by atoms with Gasteiger partial charge in [-0.2, -0.15) is 0 Å². The van der Waals surface area contributed by atoms with Crippen molar-refractivity contribution in [1.82, 2.24) is 19.4 Å². The van der Waals surface area contributed by atoms with Gasteiger partial charge in [0, 0.05) is 31.7 Å². The number of hydrogen-bond donors (Lipinski definition) is 1. The quantitative estimate of drug-likeness (QED) is 0.700. The molecule has 6 nitrogen and oxygen atoms in total. The second-order valence-corrected chi connectivity index (χ2v) is 7.73. The summed E-state index contributed by atoms with van der Waals surface area (Å²) < 4.78 is 2.19. The molecule has 0 aliphatic carbocycles. The maximum atomic E-state index is 13.4. The number of fused-ring (bicyclic) bond motifs is 3. The highest BCUT2D eigenvalue weighted by atomic mass is 16.3. The van der Waals surface area contributed by atoms with Crippen LogP contribution in [-0.2, 0) is 19.4 Å². The molecular weight excluding hydrogens is 364 g/mol. The first-order chi connectivity index (χ1) is 14.2. The summed E-state index contributed by atoms with van der Waals surface area (Å²) in [5, 5.41) is 9.54. The van der Waals surface area contributed by atoms with Gasteiger partial charge in [-0.05, 0) is 37.8 Å². The van der Waals surface area contributed by atoms with E-state index in [9.17, 15) is 9.90 Å². The average molecular weight is 393 g/mol. The lowest BCUT2D eigenvalue weighted by Crippen LogP contribution is -2.35. The molecule has 1 amide bonds. The van der Waals surface area contributed by atoms with Gasteiger partial charge in [-0.1, -0.05) is 36.8 Å². The average Bonchev–Trinajstić information content (AvgIpc) is 2.92. The molecule has 1 aromatic carbocycles. The molecule has 29 heavy (non-hydrogen) atoms. The summed E-state index contributed by atoms with van der Waals surface area (Å²) in [5.74, 6) is 0.946. The van der Waals surface area contributed by atoms with Gasteiger partial charge in [-0.15, -0.1) is 0 Å². The highest BCUT2D eigenvalue weighted by Gasteiger charge is 2.24. The van der Waals surface area contributed by atoms with E-state index in [1.165, 1.54) is 12.0 Å². The largest absolute Gasteiger partial charge is 0.395 e. The fourth-order valence-corrected chi connectivity index (χ4v) is 4.09. The number of nitrogens with zero attached hydrogens (tertiary/aromatic N) is 4. The summed E-state index contributed by atoms with van der Waals surface area (Å²) in [7, 11) is 0. The molecular formula is C23H28N4O2. The minimum atomic E-state index is -0.0845. The zero-order valence-electron chi connectivity index (χ0n) is 17.0. The van der Waals surface area contributed by atoms with E-state index in [-0.39, 0.29) is 12.5 Å². The van der Waals surface area contributed by atoms with Crippen molar-refractivity contribution in [2.24, 2.45) is 0 Å². The summed E-state index contributed by atoms with van der Waals surface area (Å²) in [6.45, 7) is 3.63. The Hall–Kier alpha value is -2.73. The van der Waals surface area contributed by atoms with Crippen molar-refractivity contribution in [3.05, 3.63) is 59.0 Å². The molecule has 152 valence electrons. The number of aryl methyl sites for hydroxylation is 3. The molecule has 1 N–H and O–H groups in total. The van der Waals surface area contributed by atoms with Crippen LogP contribution in [0.25, 0.3) is 11.2 Å². The Morgan fingerprint density at radius 2 is 1.97 bits per heavy atom. The molecule has 0 spiro atoms. The fourth-order valence-electron chi connectivity index (χ4n) is 4.09. The van der Waals surface area contributed by atoms with Crippen LogP contribution in [0.3, 0.4) is 0 Å². The molecule has 3 heterocycles. The molecule has 0 saturated heterocycles. The summed E-state index contributed by atoms with van der Waals surface area (Å²) in [6, 6.07) is 11.9. The molecule has 6 heteroatoms. The number of carbonyl (C=O) groups is 1. The van der Waals surface area contributed by atoms with Crippen LogP contribution in [0.1, 0.15) is 46.7 Å². The maximum Gasteiger partial charge on any atom is 0.256 e. The van der Waals surface area contributed by atoms with Crippen molar-refractivity contribution in [3.8, 4) is 0 Å². The first-order valence-electron chi connectivity index (χ1n) is 10.5. The smallest absolute Gasteiger partial charge is 0.256 e. The molecule has 1 aliphatic rings. The minimum Gasteiger partial charge on any atom is -0.395 e. The van der Waals surface area contributed by atoms with Crippen LogP contribution in [-0.4, -0.2) is 50.1 Å². The van der Waals surface area contributed by atoms with E-state index in [1.807, 2.05) is 31.2 Å². The van der Waals surface area contributed by atoms with Crippen LogP contribution >= 0.6 is 0 Å². The molecule has 3 aromatic rings. The van der Waals surface area contributed by atoms with Crippen molar-refractivity contribution in [3.63, 3.8) is 0 Å². The molecule has 0 bridgehead atoms. The highest BCUT2D eigenvalue weighted by molar-refractivity contribution is 6.04. The number of benzene rings is 1. The lowest BCUT2D eigenvalue weighted by atomic mass is 10.1. The third-order valence-corrected chi connectivity index (χ3v) is 5.59. The van der Waals surface area contributed by atoms with Crippen molar-refractivity contribution >= 4 is 17.1 Å². The standard InChI is InChI=1S/C23H28N4O2/c1-17-16-19(21-22(24-17)27-12-7-3-6-10-20(27)25-21)23(29)26(14-15-28)13-11-18-8-4-2-5-9-18/h2,4-5,8-9,16,28H,3,6-7,10-15H2,1H3. The Bertz CT molecular complexity index is 997. The predicted octanol–water partition coefficient (Wildman–Crippen LogP) is 3.14. The number of pyridine rings is 1. The number of aliphatic hydroxyl groups excluding tert-OH is 1. The Labute approximate surface area is 171 Å². The van der Waals surface area contributed by atoms with E-state index >= 15 is 0 Å². The summed E-state index contributed by atoms with van der Waals surface area (Å²) in [5.41, 5.74) is 4.10. The zero-order chi connectivity index (χ0) is 20.2. The van der Waals surface area contributed by atoms with E-state index in [4.69, 9.17) is 9.97 Å². The number of hydrogen-bond acceptors (Lipinski definition) is 4. The van der Waals surface area contributed by atoms with Gasteiger partial charge in [-0.3, -0.25) is 4.79 Å². The lowest BCUT2D eigenvalue weighted by molar-refractivity contribution is 0.0725. The van der Waals surface area contributed by atoms with Crippen molar-refractivity contribution < 1.29 is 9.90 Å². The summed E-state index contributed by atoms with van der Waals surface area (Å²) >= 11 is 0. The number of aliphatic hydroxyl groups is 1. The molecule has 4 rings (SSSR count). The fraction of sp³-hybridized carbons (Fsp3) is 0.435. The van der Waals surface area contributed by atoms with Gasteiger partial charge >= 0.3 is 0 Å². The zero-order valence-corrected chi connectivity index (χ0v) is 17.0. The van der Waals surface area contributed by atoms with Gasteiger partial charge in [0.2, 0.25) is 0 Å². The third kappa shape index (κ3) is 4.17. The first kappa shape index (κ1) is 19.6. The molecule has 0 fully saturated rings. The van der Waals surface area contributed by atoms with E-state index in [0.717, 1.165) is 49.4 Å². The van der Waals surface area contributed by atoms with Crippen LogP contribution in [0.4, 0.5) is 0 Å². The van der Waals surface area contributed by atoms with E-state index in [2.05, 4.69) is 16.7 Å². The Morgan fingerprint density at radius 3 is 2.76 bits per heavy atom. The number of rotatable bonds is 6. The van der Waals surface area contributed by atoms with E-state index in [0.29, 0.717) is 24.2 Å². The van der Waals surface area contributed by atoms with Crippen molar-refractivity contribution in [2.75, 3.05) is 19.7 Å². The Balaban J connectivity index is 1.66. The van der Waals surface area contributed by atoms with Crippen LogP contribution in [0.2, 0.25) is 0 Å². The SMILES string of the molecule is Cc1cc(C(=O)N(CCO)CCc2ccccc2)c2nc3n(c2n1)CCCCC3. The lowest BCUT2D eigenvalue weighted by Gasteiger charge is -2.22. The molecule has 0 unspecified atom stereocenters. The second-order valence-electron chi connectivity index (χ2n) is 7.73. The molecule has 2 aromatic heterocycles. The molecule has 0 saturated carbocycles. The Kier molecular flexibility index (Phi) is 5.90. The third-order valence-electron chi connectivity index (χ3n) is 5.59. The van der Waals surface area contributed by atoms with Gasteiger partial charge in [-0.25, -0.2) is 9.97 Å². The maximum absolute atomic E-state index is 13.4. The van der Waals surface area contributed by atoms with E-state index < -0.39 is 0 Å². The van der Waals surface area contributed by atoms with Crippen molar-refractivity contribution in [2.45, 2.75) is 45.6 Å². The summed E-state index contributed by atoms with van der Waals surface area (Å²) in [6.07, 6.45) is 5.12. The number of imidazole rings is 1.